The smallest absolute Gasteiger partial charge is 0.248 e. The van der Waals surface area contributed by atoms with Crippen LogP contribution in [0, 0.1) is 0 Å². The van der Waals surface area contributed by atoms with Crippen molar-refractivity contribution in [1.29, 1.82) is 0 Å². The number of amides is 1. The zero-order valence-electron chi connectivity index (χ0n) is 12.7. The van der Waals surface area contributed by atoms with Crippen LogP contribution in [0.3, 0.4) is 0 Å². The van der Waals surface area contributed by atoms with Crippen molar-refractivity contribution in [3.63, 3.8) is 0 Å². The van der Waals surface area contributed by atoms with Gasteiger partial charge >= 0.3 is 0 Å². The van der Waals surface area contributed by atoms with E-state index in [1.165, 1.54) is 0 Å². The fourth-order valence-corrected chi connectivity index (χ4v) is 2.81. The topological polar surface area (TPSA) is 85.8 Å². The molecule has 0 spiro atoms. The highest BCUT2D eigenvalue weighted by Gasteiger charge is 2.12. The van der Waals surface area contributed by atoms with E-state index in [0.717, 1.165) is 5.56 Å². The van der Waals surface area contributed by atoms with E-state index in [2.05, 4.69) is 20.5 Å². The lowest BCUT2D eigenvalue weighted by Crippen LogP contribution is -2.35. The molecule has 1 amide bonds. The Balaban J connectivity index is 1.45. The maximum absolute atomic E-state index is 12.0. The minimum atomic E-state index is -0.0344. The van der Waals surface area contributed by atoms with Gasteiger partial charge in [0.2, 0.25) is 17.7 Å². The first kappa shape index (κ1) is 15.4. The fourth-order valence-electron chi connectivity index (χ4n) is 2.18. The molecule has 1 atom stereocenters. The lowest BCUT2D eigenvalue weighted by molar-refractivity contribution is -0.121. The summed E-state index contributed by atoms with van der Waals surface area (Å²) >= 11 is 1.57. The highest BCUT2D eigenvalue weighted by molar-refractivity contribution is 7.08. The Hall–Kier alpha value is -2.48. The molecule has 0 saturated heterocycles. The number of nitrogens with one attached hydrogen (secondary N) is 1. The molecule has 3 aromatic heterocycles. The fraction of sp³-hybridized carbons (Fsp3) is 0.333. The summed E-state index contributed by atoms with van der Waals surface area (Å²) in [6.07, 6.45) is 6.07. The second kappa shape index (κ2) is 7.19. The molecule has 0 saturated carbocycles. The summed E-state index contributed by atoms with van der Waals surface area (Å²) < 4.78 is 7.49. The molecule has 7 nitrogen and oxygen atoms in total. The number of aryl methyl sites for hydroxylation is 1. The second-order valence-electron chi connectivity index (χ2n) is 5.24. The van der Waals surface area contributed by atoms with Crippen molar-refractivity contribution >= 4 is 17.2 Å². The van der Waals surface area contributed by atoms with Crippen LogP contribution < -0.4 is 5.32 Å². The van der Waals surface area contributed by atoms with Crippen molar-refractivity contribution in [2.75, 3.05) is 0 Å². The first-order chi connectivity index (χ1) is 11.2. The molecule has 3 rings (SSSR count). The monoisotopic (exact) mass is 331 g/mol. The summed E-state index contributed by atoms with van der Waals surface area (Å²) in [6, 6.07) is 1.95. The Bertz CT molecular complexity index is 736. The van der Waals surface area contributed by atoms with Crippen molar-refractivity contribution in [3.05, 3.63) is 41.4 Å². The molecule has 1 N–H and O–H groups in total. The van der Waals surface area contributed by atoms with Gasteiger partial charge in [0.1, 0.15) is 0 Å². The van der Waals surface area contributed by atoms with Gasteiger partial charge in [-0.1, -0.05) is 0 Å². The van der Waals surface area contributed by atoms with Crippen molar-refractivity contribution in [2.24, 2.45) is 0 Å². The zero-order valence-corrected chi connectivity index (χ0v) is 13.5. The third-order valence-electron chi connectivity index (χ3n) is 3.25. The molecule has 0 aliphatic heterocycles. The molecule has 0 aliphatic carbocycles. The third kappa shape index (κ3) is 4.26. The van der Waals surface area contributed by atoms with Crippen LogP contribution in [-0.2, 0) is 17.8 Å². The molecule has 0 aliphatic rings. The Morgan fingerprint density at radius 1 is 1.48 bits per heavy atom. The minimum absolute atomic E-state index is 0.0285. The number of imidazole rings is 1. The lowest BCUT2D eigenvalue weighted by atomic mass is 10.2. The maximum atomic E-state index is 12.0. The number of hydrogen-bond donors (Lipinski definition) is 1. The molecular formula is C15H17N5O2S. The summed E-state index contributed by atoms with van der Waals surface area (Å²) in [7, 11) is 0. The average Bonchev–Trinajstić information content (AvgIpc) is 3.26. The van der Waals surface area contributed by atoms with E-state index < -0.39 is 0 Å². The number of aromatic nitrogens is 4. The van der Waals surface area contributed by atoms with Crippen LogP contribution in [0.15, 0.2) is 40.0 Å². The van der Waals surface area contributed by atoms with E-state index in [-0.39, 0.29) is 11.9 Å². The summed E-state index contributed by atoms with van der Waals surface area (Å²) in [5, 5.41) is 14.8. The average molecular weight is 331 g/mol. The van der Waals surface area contributed by atoms with Gasteiger partial charge in [0.25, 0.3) is 0 Å². The first-order valence-electron chi connectivity index (χ1n) is 7.31. The molecule has 3 aromatic rings. The predicted molar refractivity (Wildman–Crippen MR) is 85.8 cm³/mol. The van der Waals surface area contributed by atoms with Gasteiger partial charge in [-0.25, -0.2) is 4.98 Å². The number of nitrogens with zero attached hydrogens (tertiary/aromatic N) is 4. The van der Waals surface area contributed by atoms with E-state index in [1.54, 1.807) is 23.9 Å². The summed E-state index contributed by atoms with van der Waals surface area (Å²) in [5.41, 5.74) is 0.909. The number of carbonyl (C=O) groups excluding carboxylic acids is 1. The number of rotatable bonds is 7. The minimum Gasteiger partial charge on any atom is -0.421 e. The van der Waals surface area contributed by atoms with Crippen LogP contribution in [0.25, 0.3) is 11.5 Å². The third-order valence-corrected chi connectivity index (χ3v) is 3.94. The van der Waals surface area contributed by atoms with Crippen LogP contribution in [0.2, 0.25) is 0 Å². The highest BCUT2D eigenvalue weighted by Crippen LogP contribution is 2.20. The molecular weight excluding hydrogens is 314 g/mol. The van der Waals surface area contributed by atoms with Crippen molar-refractivity contribution in [2.45, 2.75) is 32.4 Å². The summed E-state index contributed by atoms with van der Waals surface area (Å²) in [5.74, 6) is 0.937. The van der Waals surface area contributed by atoms with Gasteiger partial charge in [0.05, 0.1) is 6.33 Å². The molecule has 0 fully saturated rings. The molecule has 0 bridgehead atoms. The Labute approximate surface area is 137 Å². The first-order valence-corrected chi connectivity index (χ1v) is 8.25. The molecule has 0 radical (unpaired) electrons. The van der Waals surface area contributed by atoms with Crippen LogP contribution in [0.4, 0.5) is 0 Å². The van der Waals surface area contributed by atoms with Gasteiger partial charge in [0.15, 0.2) is 0 Å². The van der Waals surface area contributed by atoms with Crippen molar-refractivity contribution in [1.82, 2.24) is 25.1 Å². The Morgan fingerprint density at radius 3 is 3.13 bits per heavy atom. The molecule has 120 valence electrons. The van der Waals surface area contributed by atoms with E-state index in [4.69, 9.17) is 4.42 Å². The Morgan fingerprint density at radius 2 is 2.39 bits per heavy atom. The molecule has 23 heavy (non-hydrogen) atoms. The maximum Gasteiger partial charge on any atom is 0.248 e. The number of carbonyl (C=O) groups is 1. The number of thiophene rings is 1. The largest absolute Gasteiger partial charge is 0.421 e. The van der Waals surface area contributed by atoms with Gasteiger partial charge in [-0.3, -0.25) is 4.79 Å². The van der Waals surface area contributed by atoms with Crippen LogP contribution in [0.5, 0.6) is 0 Å². The molecule has 0 unspecified atom stereocenters. The standard InChI is InChI=1S/C15H17N5O2S/c1-11(8-20-6-5-16-10-20)17-13(21)2-3-14-18-19-15(22-14)12-4-7-23-9-12/h4-7,9-11H,2-3,8H2,1H3,(H,17,21)/t11-/m1/s1. The van der Waals surface area contributed by atoms with Gasteiger partial charge in [-0.05, 0) is 18.4 Å². The van der Waals surface area contributed by atoms with Crippen LogP contribution in [-0.4, -0.2) is 31.7 Å². The molecule has 8 heteroatoms. The SMILES string of the molecule is C[C@H](Cn1ccnc1)NC(=O)CCc1nnc(-c2ccsc2)o1. The van der Waals surface area contributed by atoms with E-state index in [0.29, 0.717) is 31.2 Å². The van der Waals surface area contributed by atoms with Gasteiger partial charge in [0, 0.05) is 48.8 Å². The second-order valence-corrected chi connectivity index (χ2v) is 6.02. The van der Waals surface area contributed by atoms with Crippen molar-refractivity contribution < 1.29 is 9.21 Å². The molecule has 3 heterocycles. The van der Waals surface area contributed by atoms with Crippen molar-refractivity contribution in [3.8, 4) is 11.5 Å². The Kier molecular flexibility index (Phi) is 4.82. The van der Waals surface area contributed by atoms with Gasteiger partial charge < -0.3 is 14.3 Å². The molecule has 0 aromatic carbocycles. The normalized spacial score (nSPS) is 12.2. The van der Waals surface area contributed by atoms with Crippen LogP contribution in [0.1, 0.15) is 19.2 Å². The van der Waals surface area contributed by atoms with E-state index in [1.807, 2.05) is 34.5 Å². The predicted octanol–water partition coefficient (Wildman–Crippen LogP) is 2.13. The summed E-state index contributed by atoms with van der Waals surface area (Å²) in [4.78, 5) is 15.9. The quantitative estimate of drug-likeness (QED) is 0.717. The van der Waals surface area contributed by atoms with Crippen LogP contribution >= 0.6 is 11.3 Å². The van der Waals surface area contributed by atoms with E-state index >= 15 is 0 Å². The van der Waals surface area contributed by atoms with Gasteiger partial charge in [-0.2, -0.15) is 11.3 Å². The van der Waals surface area contributed by atoms with E-state index in [9.17, 15) is 4.79 Å². The zero-order chi connectivity index (χ0) is 16.1. The number of hydrogen-bond acceptors (Lipinski definition) is 6. The highest BCUT2D eigenvalue weighted by atomic mass is 32.1. The van der Waals surface area contributed by atoms with Gasteiger partial charge in [-0.15, -0.1) is 10.2 Å². The lowest BCUT2D eigenvalue weighted by Gasteiger charge is -2.13. The summed E-state index contributed by atoms with van der Waals surface area (Å²) in [6.45, 7) is 2.65.